The van der Waals surface area contributed by atoms with Gasteiger partial charge < -0.3 is 4.57 Å². The molecule has 2 aromatic carbocycles. The van der Waals surface area contributed by atoms with E-state index in [9.17, 15) is 4.79 Å². The van der Waals surface area contributed by atoms with Crippen molar-refractivity contribution in [3.63, 3.8) is 0 Å². The van der Waals surface area contributed by atoms with Gasteiger partial charge in [-0.3, -0.25) is 4.79 Å². The standard InChI is InChI=1S/C24H26ClN3OS/c1-16-8-17(2)10-20(9-16)14-30-15-24(29)27-26-13-21-11-18(3)28(19(21)4)23-7-5-6-22(25)12-23/h5-13H,14-15H2,1-4H3,(H,27,29)/b26-13-. The number of amides is 1. The molecule has 0 saturated heterocycles. The van der Waals surface area contributed by atoms with Crippen molar-refractivity contribution in [3.05, 3.63) is 87.2 Å². The van der Waals surface area contributed by atoms with Crippen LogP contribution in [0, 0.1) is 27.7 Å². The first kappa shape index (κ1) is 22.2. The second kappa shape index (κ2) is 10.0. The van der Waals surface area contributed by atoms with Crippen molar-refractivity contribution >= 4 is 35.5 Å². The molecule has 3 aromatic rings. The Morgan fingerprint density at radius 3 is 2.53 bits per heavy atom. The molecular weight excluding hydrogens is 414 g/mol. The first-order valence-corrected chi connectivity index (χ1v) is 11.3. The minimum Gasteiger partial charge on any atom is -0.318 e. The van der Waals surface area contributed by atoms with E-state index in [-0.39, 0.29) is 5.91 Å². The Morgan fingerprint density at radius 2 is 1.83 bits per heavy atom. The molecule has 0 fully saturated rings. The molecule has 0 atom stereocenters. The maximum atomic E-state index is 12.1. The van der Waals surface area contributed by atoms with Gasteiger partial charge in [-0.05, 0) is 57.5 Å². The van der Waals surface area contributed by atoms with Crippen molar-refractivity contribution in [3.8, 4) is 5.69 Å². The number of aryl methyl sites for hydroxylation is 3. The molecule has 1 heterocycles. The summed E-state index contributed by atoms with van der Waals surface area (Å²) in [6, 6.07) is 16.2. The number of benzene rings is 2. The Kier molecular flexibility index (Phi) is 7.40. The minimum absolute atomic E-state index is 0.107. The number of aromatic nitrogens is 1. The molecule has 0 unspecified atom stereocenters. The molecule has 30 heavy (non-hydrogen) atoms. The van der Waals surface area contributed by atoms with Crippen molar-refractivity contribution in [2.45, 2.75) is 33.4 Å². The molecule has 4 nitrogen and oxygen atoms in total. The van der Waals surface area contributed by atoms with Gasteiger partial charge in [-0.1, -0.05) is 47.0 Å². The molecule has 0 aliphatic rings. The van der Waals surface area contributed by atoms with Gasteiger partial charge >= 0.3 is 0 Å². The van der Waals surface area contributed by atoms with Crippen LogP contribution in [0.5, 0.6) is 0 Å². The number of carbonyl (C=O) groups excluding carboxylic acids is 1. The lowest BCUT2D eigenvalue weighted by Gasteiger charge is -2.09. The van der Waals surface area contributed by atoms with Gasteiger partial charge in [-0.15, -0.1) is 11.8 Å². The summed E-state index contributed by atoms with van der Waals surface area (Å²) >= 11 is 7.72. The van der Waals surface area contributed by atoms with Gasteiger partial charge in [0, 0.05) is 33.4 Å². The van der Waals surface area contributed by atoms with Crippen LogP contribution in [0.2, 0.25) is 5.02 Å². The quantitative estimate of drug-likeness (QED) is 0.376. The summed E-state index contributed by atoms with van der Waals surface area (Å²) in [5.41, 5.74) is 10.4. The SMILES string of the molecule is Cc1cc(C)cc(CSCC(=O)N/N=C\c2cc(C)n(-c3cccc(Cl)c3)c2C)c1. The number of nitrogens with zero attached hydrogens (tertiary/aromatic N) is 2. The van der Waals surface area contributed by atoms with E-state index in [4.69, 9.17) is 11.6 Å². The van der Waals surface area contributed by atoms with Crippen molar-refractivity contribution in [2.75, 3.05) is 5.75 Å². The highest BCUT2D eigenvalue weighted by atomic mass is 35.5. The number of rotatable bonds is 7. The highest BCUT2D eigenvalue weighted by Gasteiger charge is 2.10. The van der Waals surface area contributed by atoms with E-state index < -0.39 is 0 Å². The number of carbonyl (C=O) groups is 1. The number of thioether (sulfide) groups is 1. The summed E-state index contributed by atoms with van der Waals surface area (Å²) in [4.78, 5) is 12.1. The third-order valence-electron chi connectivity index (χ3n) is 4.71. The Balaban J connectivity index is 1.56. The lowest BCUT2D eigenvalue weighted by molar-refractivity contribution is -0.118. The van der Waals surface area contributed by atoms with Gasteiger partial charge in [0.15, 0.2) is 0 Å². The maximum Gasteiger partial charge on any atom is 0.250 e. The van der Waals surface area contributed by atoms with E-state index in [2.05, 4.69) is 47.1 Å². The van der Waals surface area contributed by atoms with E-state index in [0.29, 0.717) is 10.8 Å². The Labute approximate surface area is 187 Å². The fraction of sp³-hybridized carbons (Fsp3) is 0.250. The van der Waals surface area contributed by atoms with Crippen LogP contribution in [0.15, 0.2) is 53.6 Å². The van der Waals surface area contributed by atoms with E-state index in [0.717, 1.165) is 28.4 Å². The molecule has 6 heteroatoms. The molecule has 0 spiro atoms. The molecule has 0 saturated carbocycles. The highest BCUT2D eigenvalue weighted by molar-refractivity contribution is 7.99. The Morgan fingerprint density at radius 1 is 1.10 bits per heavy atom. The van der Waals surface area contributed by atoms with Crippen LogP contribution in [-0.2, 0) is 10.5 Å². The maximum absolute atomic E-state index is 12.1. The summed E-state index contributed by atoms with van der Waals surface area (Å²) in [6.07, 6.45) is 1.69. The largest absolute Gasteiger partial charge is 0.318 e. The first-order valence-electron chi connectivity index (χ1n) is 9.75. The Hall–Kier alpha value is -2.50. The Bertz CT molecular complexity index is 1070. The van der Waals surface area contributed by atoms with Crippen LogP contribution in [-0.4, -0.2) is 22.4 Å². The van der Waals surface area contributed by atoms with Gasteiger partial charge in [0.1, 0.15) is 0 Å². The predicted molar refractivity (Wildman–Crippen MR) is 128 cm³/mol. The number of hydrogen-bond acceptors (Lipinski definition) is 3. The van der Waals surface area contributed by atoms with Crippen LogP contribution in [0.4, 0.5) is 0 Å². The lowest BCUT2D eigenvalue weighted by Crippen LogP contribution is -2.19. The van der Waals surface area contributed by atoms with E-state index >= 15 is 0 Å². The molecule has 156 valence electrons. The number of hydrazone groups is 1. The third kappa shape index (κ3) is 5.77. The zero-order valence-electron chi connectivity index (χ0n) is 17.7. The predicted octanol–water partition coefficient (Wildman–Crippen LogP) is 5.75. The van der Waals surface area contributed by atoms with Crippen LogP contribution in [0.3, 0.4) is 0 Å². The molecule has 0 aliphatic heterocycles. The van der Waals surface area contributed by atoms with E-state index in [1.165, 1.54) is 16.7 Å². The minimum atomic E-state index is -0.107. The average molecular weight is 440 g/mol. The zero-order valence-corrected chi connectivity index (χ0v) is 19.3. The topological polar surface area (TPSA) is 46.4 Å². The first-order chi connectivity index (χ1) is 14.3. The third-order valence-corrected chi connectivity index (χ3v) is 5.95. The second-order valence-electron chi connectivity index (χ2n) is 7.42. The number of nitrogens with one attached hydrogen (secondary N) is 1. The van der Waals surface area contributed by atoms with Gasteiger partial charge in [-0.25, -0.2) is 5.43 Å². The number of halogens is 1. The molecular formula is C24H26ClN3OS. The summed E-state index contributed by atoms with van der Waals surface area (Å²) in [6.45, 7) is 8.24. The van der Waals surface area contributed by atoms with Crippen molar-refractivity contribution in [1.29, 1.82) is 0 Å². The summed E-state index contributed by atoms with van der Waals surface area (Å²) < 4.78 is 2.12. The van der Waals surface area contributed by atoms with Crippen LogP contribution >= 0.6 is 23.4 Å². The van der Waals surface area contributed by atoms with E-state index in [1.54, 1.807) is 18.0 Å². The molecule has 0 radical (unpaired) electrons. The van der Waals surface area contributed by atoms with Crippen LogP contribution in [0.25, 0.3) is 5.69 Å². The summed E-state index contributed by atoms with van der Waals surface area (Å²) in [7, 11) is 0. The van der Waals surface area contributed by atoms with Crippen LogP contribution in [0.1, 0.15) is 33.6 Å². The normalized spacial score (nSPS) is 11.2. The van der Waals surface area contributed by atoms with Gasteiger partial charge in [0.05, 0.1) is 12.0 Å². The van der Waals surface area contributed by atoms with Gasteiger partial charge in [0.25, 0.3) is 0 Å². The van der Waals surface area contributed by atoms with E-state index in [1.807, 2.05) is 44.2 Å². The fourth-order valence-electron chi connectivity index (χ4n) is 3.55. The monoisotopic (exact) mass is 439 g/mol. The molecule has 0 bridgehead atoms. The summed E-state index contributed by atoms with van der Waals surface area (Å²) in [5, 5.41) is 4.84. The molecule has 3 rings (SSSR count). The highest BCUT2D eigenvalue weighted by Crippen LogP contribution is 2.22. The van der Waals surface area contributed by atoms with Gasteiger partial charge in [0.2, 0.25) is 5.91 Å². The van der Waals surface area contributed by atoms with Crippen molar-refractivity contribution in [2.24, 2.45) is 5.10 Å². The molecule has 1 aromatic heterocycles. The number of hydrogen-bond donors (Lipinski definition) is 1. The van der Waals surface area contributed by atoms with Gasteiger partial charge in [-0.2, -0.15) is 5.10 Å². The zero-order chi connectivity index (χ0) is 21.7. The van der Waals surface area contributed by atoms with Crippen molar-refractivity contribution < 1.29 is 4.79 Å². The summed E-state index contributed by atoms with van der Waals surface area (Å²) in [5.74, 6) is 1.07. The average Bonchev–Trinajstić information content (AvgIpc) is 2.94. The fourth-order valence-corrected chi connectivity index (χ4v) is 4.49. The lowest BCUT2D eigenvalue weighted by atomic mass is 10.1. The molecule has 0 aliphatic carbocycles. The van der Waals surface area contributed by atoms with Crippen molar-refractivity contribution in [1.82, 2.24) is 9.99 Å². The second-order valence-corrected chi connectivity index (χ2v) is 8.85. The smallest absolute Gasteiger partial charge is 0.250 e. The molecule has 1 amide bonds. The van der Waals surface area contributed by atoms with Crippen LogP contribution < -0.4 is 5.43 Å². The molecule has 1 N–H and O–H groups in total.